The van der Waals surface area contributed by atoms with Gasteiger partial charge in [-0.15, -0.1) is 0 Å². The van der Waals surface area contributed by atoms with Crippen molar-refractivity contribution in [3.05, 3.63) is 17.0 Å². The van der Waals surface area contributed by atoms with Gasteiger partial charge in [0.05, 0.1) is 0 Å². The third kappa shape index (κ3) is 1.43. The van der Waals surface area contributed by atoms with Gasteiger partial charge in [-0.05, 0) is 24.4 Å². The second-order valence-electron chi connectivity index (χ2n) is 4.06. The first-order valence-electron chi connectivity index (χ1n) is 5.31. The van der Waals surface area contributed by atoms with Crippen molar-refractivity contribution < 1.29 is 4.79 Å². The van der Waals surface area contributed by atoms with Crippen LogP contribution in [0.15, 0.2) is 6.20 Å². The SMILES string of the molecule is O=C1NCc2cnc(Cl)nc2N2CCCC12. The lowest BCUT2D eigenvalue weighted by Gasteiger charge is -2.22. The summed E-state index contributed by atoms with van der Waals surface area (Å²) in [4.78, 5) is 22.0. The molecule has 16 heavy (non-hydrogen) atoms. The molecule has 1 atom stereocenters. The first kappa shape index (κ1) is 9.84. The maximum Gasteiger partial charge on any atom is 0.243 e. The van der Waals surface area contributed by atoms with E-state index in [-0.39, 0.29) is 17.2 Å². The van der Waals surface area contributed by atoms with Gasteiger partial charge in [0.2, 0.25) is 11.2 Å². The minimum atomic E-state index is -0.0905. The number of aromatic nitrogens is 2. The fraction of sp³-hybridized carbons (Fsp3) is 0.500. The van der Waals surface area contributed by atoms with E-state index in [1.807, 2.05) is 4.90 Å². The normalized spacial score (nSPS) is 23.4. The number of rotatable bonds is 0. The Morgan fingerprint density at radius 2 is 2.44 bits per heavy atom. The Kier molecular flexibility index (Phi) is 2.21. The van der Waals surface area contributed by atoms with Crippen LogP contribution in [0, 0.1) is 0 Å². The van der Waals surface area contributed by atoms with E-state index in [9.17, 15) is 4.79 Å². The molecule has 1 amide bonds. The van der Waals surface area contributed by atoms with Crippen molar-refractivity contribution in [3.8, 4) is 0 Å². The number of amides is 1. The van der Waals surface area contributed by atoms with E-state index in [2.05, 4.69) is 15.3 Å². The van der Waals surface area contributed by atoms with Gasteiger partial charge in [-0.3, -0.25) is 4.79 Å². The van der Waals surface area contributed by atoms with Gasteiger partial charge in [0.15, 0.2) is 0 Å². The number of fused-ring (bicyclic) bond motifs is 3. The van der Waals surface area contributed by atoms with Crippen molar-refractivity contribution >= 4 is 23.3 Å². The van der Waals surface area contributed by atoms with E-state index in [0.29, 0.717) is 6.54 Å². The number of hydrogen-bond donors (Lipinski definition) is 1. The molecule has 1 aromatic heterocycles. The lowest BCUT2D eigenvalue weighted by atomic mass is 10.2. The molecule has 3 heterocycles. The highest BCUT2D eigenvalue weighted by atomic mass is 35.5. The Hall–Kier alpha value is -1.36. The van der Waals surface area contributed by atoms with Crippen molar-refractivity contribution in [2.75, 3.05) is 11.4 Å². The summed E-state index contributed by atoms with van der Waals surface area (Å²) in [5.74, 6) is 0.882. The molecule has 0 aliphatic carbocycles. The number of nitrogens with one attached hydrogen (secondary N) is 1. The van der Waals surface area contributed by atoms with Crippen molar-refractivity contribution in [3.63, 3.8) is 0 Å². The molecule has 1 N–H and O–H groups in total. The highest BCUT2D eigenvalue weighted by molar-refractivity contribution is 6.28. The first-order chi connectivity index (χ1) is 7.75. The van der Waals surface area contributed by atoms with Gasteiger partial charge in [0.25, 0.3) is 0 Å². The average Bonchev–Trinajstić information content (AvgIpc) is 2.71. The van der Waals surface area contributed by atoms with Crippen LogP contribution < -0.4 is 10.2 Å². The van der Waals surface area contributed by atoms with Crippen LogP contribution in [-0.2, 0) is 11.3 Å². The van der Waals surface area contributed by atoms with Crippen LogP contribution in [0.1, 0.15) is 18.4 Å². The van der Waals surface area contributed by atoms with Gasteiger partial charge in [-0.25, -0.2) is 9.97 Å². The largest absolute Gasteiger partial charge is 0.350 e. The van der Waals surface area contributed by atoms with E-state index >= 15 is 0 Å². The Balaban J connectivity index is 2.10. The molecule has 0 aromatic carbocycles. The molecular weight excluding hydrogens is 228 g/mol. The summed E-state index contributed by atoms with van der Waals surface area (Å²) < 4.78 is 0. The topological polar surface area (TPSA) is 58.1 Å². The number of carbonyl (C=O) groups is 1. The monoisotopic (exact) mass is 238 g/mol. The van der Waals surface area contributed by atoms with Gasteiger partial charge in [0.1, 0.15) is 11.9 Å². The predicted molar refractivity (Wildman–Crippen MR) is 59.3 cm³/mol. The molecule has 0 radical (unpaired) electrons. The summed E-state index contributed by atoms with van der Waals surface area (Å²) in [7, 11) is 0. The molecule has 0 bridgehead atoms. The molecule has 1 saturated heterocycles. The molecule has 2 aliphatic heterocycles. The zero-order chi connectivity index (χ0) is 11.1. The lowest BCUT2D eigenvalue weighted by Crippen LogP contribution is -2.40. The number of hydrogen-bond acceptors (Lipinski definition) is 4. The third-order valence-electron chi connectivity index (χ3n) is 3.09. The number of anilines is 1. The molecule has 6 heteroatoms. The Bertz CT molecular complexity index is 450. The maximum atomic E-state index is 11.8. The molecule has 0 saturated carbocycles. The van der Waals surface area contributed by atoms with Crippen molar-refractivity contribution in [2.24, 2.45) is 0 Å². The van der Waals surface area contributed by atoms with Gasteiger partial charge >= 0.3 is 0 Å². The van der Waals surface area contributed by atoms with Crippen LogP contribution in [0.5, 0.6) is 0 Å². The summed E-state index contributed by atoms with van der Waals surface area (Å²) in [5.41, 5.74) is 0.933. The van der Waals surface area contributed by atoms with Gasteiger partial charge in [-0.1, -0.05) is 0 Å². The van der Waals surface area contributed by atoms with E-state index in [0.717, 1.165) is 30.8 Å². The average molecular weight is 239 g/mol. The number of halogens is 1. The van der Waals surface area contributed by atoms with Gasteiger partial charge in [0, 0.05) is 24.8 Å². The van der Waals surface area contributed by atoms with Crippen LogP contribution in [0.3, 0.4) is 0 Å². The van der Waals surface area contributed by atoms with Gasteiger partial charge < -0.3 is 10.2 Å². The molecule has 1 aromatic rings. The van der Waals surface area contributed by atoms with Gasteiger partial charge in [-0.2, -0.15) is 0 Å². The molecule has 1 unspecified atom stereocenters. The van der Waals surface area contributed by atoms with E-state index < -0.39 is 0 Å². The Labute approximate surface area is 97.8 Å². The number of nitrogens with zero attached hydrogens (tertiary/aromatic N) is 3. The summed E-state index contributed by atoms with van der Waals surface area (Å²) in [6.45, 7) is 1.34. The minimum Gasteiger partial charge on any atom is -0.350 e. The molecular formula is C10H11ClN4O. The first-order valence-corrected chi connectivity index (χ1v) is 5.69. The van der Waals surface area contributed by atoms with Crippen LogP contribution in [0.4, 0.5) is 5.82 Å². The standard InChI is InChI=1S/C10H11ClN4O/c11-10-13-5-6-4-12-9(16)7-2-1-3-15(7)8(6)14-10/h5,7H,1-4H2,(H,12,16). The van der Waals surface area contributed by atoms with E-state index in [1.165, 1.54) is 0 Å². The lowest BCUT2D eigenvalue weighted by molar-refractivity contribution is -0.122. The highest BCUT2D eigenvalue weighted by Crippen LogP contribution is 2.29. The second kappa shape index (κ2) is 3.59. The fourth-order valence-corrected chi connectivity index (χ4v) is 2.47. The Morgan fingerprint density at radius 3 is 3.31 bits per heavy atom. The summed E-state index contributed by atoms with van der Waals surface area (Å²) >= 11 is 5.80. The summed E-state index contributed by atoms with van der Waals surface area (Å²) in [6.07, 6.45) is 3.58. The maximum absolute atomic E-state index is 11.8. The molecule has 1 fully saturated rings. The molecule has 3 rings (SSSR count). The summed E-state index contributed by atoms with van der Waals surface area (Å²) in [6, 6.07) is -0.0905. The smallest absolute Gasteiger partial charge is 0.243 e. The Morgan fingerprint density at radius 1 is 1.56 bits per heavy atom. The van der Waals surface area contributed by atoms with Crippen LogP contribution in [0.2, 0.25) is 5.28 Å². The van der Waals surface area contributed by atoms with Crippen molar-refractivity contribution in [2.45, 2.75) is 25.4 Å². The third-order valence-corrected chi connectivity index (χ3v) is 3.27. The molecule has 84 valence electrons. The predicted octanol–water partition coefficient (Wildman–Crippen LogP) is 0.729. The molecule has 0 spiro atoms. The van der Waals surface area contributed by atoms with E-state index in [1.54, 1.807) is 6.20 Å². The quantitative estimate of drug-likeness (QED) is 0.677. The van der Waals surface area contributed by atoms with Crippen LogP contribution in [0.25, 0.3) is 0 Å². The highest BCUT2D eigenvalue weighted by Gasteiger charge is 2.35. The summed E-state index contributed by atoms with van der Waals surface area (Å²) in [5, 5.41) is 3.12. The minimum absolute atomic E-state index is 0.0756. The fourth-order valence-electron chi connectivity index (χ4n) is 2.34. The zero-order valence-corrected chi connectivity index (χ0v) is 9.37. The second-order valence-corrected chi connectivity index (χ2v) is 4.40. The molecule has 5 nitrogen and oxygen atoms in total. The zero-order valence-electron chi connectivity index (χ0n) is 8.61. The van der Waals surface area contributed by atoms with Crippen molar-refractivity contribution in [1.82, 2.24) is 15.3 Å². The molecule has 2 aliphatic rings. The van der Waals surface area contributed by atoms with Crippen molar-refractivity contribution in [1.29, 1.82) is 0 Å². The number of carbonyl (C=O) groups excluding carboxylic acids is 1. The van der Waals surface area contributed by atoms with Crippen LogP contribution in [-0.4, -0.2) is 28.5 Å². The van der Waals surface area contributed by atoms with Crippen LogP contribution >= 0.6 is 11.6 Å². The van der Waals surface area contributed by atoms with E-state index in [4.69, 9.17) is 11.6 Å².